The molecule has 0 spiro atoms. The van der Waals surface area contributed by atoms with Gasteiger partial charge in [0.25, 0.3) is 0 Å². The summed E-state index contributed by atoms with van der Waals surface area (Å²) in [7, 11) is 1.69. The summed E-state index contributed by atoms with van der Waals surface area (Å²) in [4.78, 5) is 5.26. The van der Waals surface area contributed by atoms with E-state index in [9.17, 15) is 0 Å². The largest absolute Gasteiger partial charge is 0.399 e. The van der Waals surface area contributed by atoms with E-state index in [-0.39, 0.29) is 0 Å². The summed E-state index contributed by atoms with van der Waals surface area (Å²) in [5.41, 5.74) is 7.60. The zero-order chi connectivity index (χ0) is 17.8. The molecule has 1 unspecified atom stereocenters. The first-order chi connectivity index (χ1) is 12.0. The van der Waals surface area contributed by atoms with E-state index in [1.807, 2.05) is 0 Å². The van der Waals surface area contributed by atoms with Crippen LogP contribution in [0.4, 0.5) is 0 Å². The molecule has 0 aromatic heterocycles. The van der Waals surface area contributed by atoms with Crippen LogP contribution in [0.1, 0.15) is 100 Å². The molecule has 0 amide bonds. The molecule has 3 atom stereocenters. The maximum Gasteiger partial charge on any atom is 0.106 e. The molecular weight excluding hydrogens is 306 g/mol. The molecule has 25 heavy (non-hydrogen) atoms. The lowest BCUT2D eigenvalue weighted by Crippen LogP contribution is -2.45. The molecule has 1 aromatic rings. The van der Waals surface area contributed by atoms with E-state index < -0.39 is 0 Å². The third-order valence-corrected chi connectivity index (χ3v) is 7.26. The molecule has 4 rings (SSSR count). The fourth-order valence-corrected chi connectivity index (χ4v) is 5.67. The number of hydrogen-bond donors (Lipinski definition) is 0. The van der Waals surface area contributed by atoms with Crippen molar-refractivity contribution in [2.24, 2.45) is 17.0 Å². The number of benzene rings is 1. The average Bonchev–Trinajstić information content (AvgIpc) is 3.40. The zero-order valence-electron chi connectivity index (χ0n) is 16.6. The molecule has 0 radical (unpaired) electrons. The molecule has 2 saturated carbocycles. The molecule has 0 heterocycles. The van der Waals surface area contributed by atoms with Crippen molar-refractivity contribution in [3.8, 4) is 0 Å². The minimum Gasteiger partial charge on any atom is -0.399 e. The van der Waals surface area contributed by atoms with Gasteiger partial charge in [0, 0.05) is 5.56 Å². The van der Waals surface area contributed by atoms with Gasteiger partial charge in [-0.15, -0.1) is 0 Å². The van der Waals surface area contributed by atoms with E-state index in [0.29, 0.717) is 17.3 Å². The second-order valence-electron chi connectivity index (χ2n) is 9.27. The molecule has 3 aliphatic rings. The van der Waals surface area contributed by atoms with Crippen LogP contribution in [0.25, 0.3) is 0 Å². The smallest absolute Gasteiger partial charge is 0.106 e. The molecule has 0 saturated heterocycles. The van der Waals surface area contributed by atoms with Gasteiger partial charge in [-0.2, -0.15) is 0 Å². The highest BCUT2D eigenvalue weighted by atomic mass is 16.6. The van der Waals surface area contributed by atoms with Crippen molar-refractivity contribution in [2.45, 2.75) is 83.5 Å². The first-order valence-electron chi connectivity index (χ1n) is 10.2. The Morgan fingerprint density at radius 3 is 2.60 bits per heavy atom. The summed E-state index contributed by atoms with van der Waals surface area (Å²) in [6.07, 6.45) is 7.84. The predicted molar refractivity (Wildman–Crippen MR) is 105 cm³/mol. The second-order valence-corrected chi connectivity index (χ2v) is 9.27. The van der Waals surface area contributed by atoms with Crippen LogP contribution in [0.5, 0.6) is 0 Å². The van der Waals surface area contributed by atoms with Crippen LogP contribution < -0.4 is 0 Å². The van der Waals surface area contributed by atoms with Gasteiger partial charge in [-0.3, -0.25) is 0 Å². The highest BCUT2D eigenvalue weighted by Gasteiger charge is 2.47. The fourth-order valence-electron chi connectivity index (χ4n) is 5.67. The van der Waals surface area contributed by atoms with Gasteiger partial charge >= 0.3 is 0 Å². The average molecular weight is 340 g/mol. The number of oxime groups is 1. The van der Waals surface area contributed by atoms with E-state index in [2.05, 4.69) is 45.0 Å². The normalized spacial score (nSPS) is 33.3. The quantitative estimate of drug-likeness (QED) is 0.606. The topological polar surface area (TPSA) is 21.6 Å². The van der Waals surface area contributed by atoms with Crippen molar-refractivity contribution in [1.29, 1.82) is 0 Å². The molecular formula is C23H33NO. The standard InChI is InChI=1S/C23H33NO/c1-14(2)17-11-19-21(12-18(17)16-8-9-16)23(4)10-6-7-15(3)20(23)13-22(19)24-25-5/h11-12,14-16,20H,6-10,13H2,1-5H3/b24-22+/t15-,20?,23-/m0/s1. The Kier molecular flexibility index (Phi) is 4.21. The molecule has 2 heteroatoms. The molecule has 1 aromatic carbocycles. The lowest BCUT2D eigenvalue weighted by atomic mass is 9.54. The molecule has 2 fully saturated rings. The second kappa shape index (κ2) is 6.14. The molecule has 3 aliphatic carbocycles. The third kappa shape index (κ3) is 2.73. The van der Waals surface area contributed by atoms with Gasteiger partial charge in [-0.1, -0.05) is 51.8 Å². The van der Waals surface area contributed by atoms with Gasteiger partial charge in [0.2, 0.25) is 0 Å². The van der Waals surface area contributed by atoms with Gasteiger partial charge in [-0.05, 0) is 77.5 Å². The first kappa shape index (κ1) is 17.1. The Morgan fingerprint density at radius 1 is 1.20 bits per heavy atom. The molecule has 0 N–H and O–H groups in total. The van der Waals surface area contributed by atoms with E-state index in [1.54, 1.807) is 18.2 Å². The van der Waals surface area contributed by atoms with Gasteiger partial charge in [-0.25, -0.2) is 0 Å². The fraction of sp³-hybridized carbons (Fsp3) is 0.696. The van der Waals surface area contributed by atoms with Crippen molar-refractivity contribution < 1.29 is 4.84 Å². The van der Waals surface area contributed by atoms with E-state index in [0.717, 1.165) is 18.3 Å². The molecule has 0 aliphatic heterocycles. The SMILES string of the molecule is CO/N=C1\CC2[C@@H](C)CCC[C@]2(C)c2cc(C3CC3)c(C(C)C)cc21. The van der Waals surface area contributed by atoms with Crippen LogP contribution in [-0.2, 0) is 10.3 Å². The van der Waals surface area contributed by atoms with Crippen LogP contribution in [0, 0.1) is 11.8 Å². The van der Waals surface area contributed by atoms with Crippen LogP contribution in [0.3, 0.4) is 0 Å². The number of fused-ring (bicyclic) bond motifs is 3. The summed E-state index contributed by atoms with van der Waals surface area (Å²) in [5.74, 6) is 2.83. The van der Waals surface area contributed by atoms with E-state index in [1.165, 1.54) is 48.9 Å². The van der Waals surface area contributed by atoms with Crippen molar-refractivity contribution in [2.75, 3.05) is 7.11 Å². The van der Waals surface area contributed by atoms with Crippen molar-refractivity contribution >= 4 is 5.71 Å². The van der Waals surface area contributed by atoms with Gasteiger partial charge < -0.3 is 4.84 Å². The van der Waals surface area contributed by atoms with Crippen molar-refractivity contribution in [1.82, 2.24) is 0 Å². The Bertz CT molecular complexity index is 700. The molecule has 136 valence electrons. The van der Waals surface area contributed by atoms with Crippen molar-refractivity contribution in [3.05, 3.63) is 34.4 Å². The van der Waals surface area contributed by atoms with Gasteiger partial charge in [0.15, 0.2) is 0 Å². The monoisotopic (exact) mass is 339 g/mol. The highest BCUT2D eigenvalue weighted by Crippen LogP contribution is 2.54. The first-order valence-corrected chi connectivity index (χ1v) is 10.2. The van der Waals surface area contributed by atoms with Crippen LogP contribution >= 0.6 is 0 Å². The maximum atomic E-state index is 5.26. The molecule has 2 nitrogen and oxygen atoms in total. The minimum atomic E-state index is 0.304. The van der Waals surface area contributed by atoms with Crippen LogP contribution in [0.2, 0.25) is 0 Å². The Labute approximate surface area is 153 Å². The number of hydrogen-bond acceptors (Lipinski definition) is 2. The Morgan fingerprint density at radius 2 is 1.96 bits per heavy atom. The lowest BCUT2D eigenvalue weighted by Gasteiger charge is -2.50. The Hall–Kier alpha value is -1.31. The summed E-state index contributed by atoms with van der Waals surface area (Å²) < 4.78 is 0. The van der Waals surface area contributed by atoms with Gasteiger partial charge in [0.05, 0.1) is 5.71 Å². The molecule has 0 bridgehead atoms. The minimum absolute atomic E-state index is 0.304. The van der Waals surface area contributed by atoms with E-state index >= 15 is 0 Å². The van der Waals surface area contributed by atoms with E-state index in [4.69, 9.17) is 4.84 Å². The zero-order valence-corrected chi connectivity index (χ0v) is 16.6. The van der Waals surface area contributed by atoms with Gasteiger partial charge in [0.1, 0.15) is 7.11 Å². The summed E-state index contributed by atoms with van der Waals surface area (Å²) >= 11 is 0. The third-order valence-electron chi connectivity index (χ3n) is 7.26. The highest BCUT2D eigenvalue weighted by molar-refractivity contribution is 6.03. The number of nitrogens with zero attached hydrogens (tertiary/aromatic N) is 1. The Balaban J connectivity index is 1.93. The van der Waals surface area contributed by atoms with Crippen LogP contribution in [0.15, 0.2) is 17.3 Å². The predicted octanol–water partition coefficient (Wildman–Crippen LogP) is 6.14. The van der Waals surface area contributed by atoms with Crippen LogP contribution in [-0.4, -0.2) is 12.8 Å². The maximum absolute atomic E-state index is 5.26. The van der Waals surface area contributed by atoms with Crippen molar-refractivity contribution in [3.63, 3.8) is 0 Å². The summed E-state index contributed by atoms with van der Waals surface area (Å²) in [6, 6.07) is 5.07. The summed E-state index contributed by atoms with van der Waals surface area (Å²) in [5, 5.41) is 4.49. The lowest BCUT2D eigenvalue weighted by molar-refractivity contribution is 0.136. The summed E-state index contributed by atoms with van der Waals surface area (Å²) in [6.45, 7) is 9.64. The number of rotatable bonds is 3.